The van der Waals surface area contributed by atoms with Gasteiger partial charge >= 0.3 is 0 Å². The predicted octanol–water partition coefficient (Wildman–Crippen LogP) is 3.00. The Bertz CT molecular complexity index is 510. The van der Waals surface area contributed by atoms with Crippen LogP contribution < -0.4 is 5.32 Å². The zero-order chi connectivity index (χ0) is 13.7. The van der Waals surface area contributed by atoms with Crippen LogP contribution in [-0.2, 0) is 7.05 Å². The molecule has 0 aliphatic rings. The molecule has 0 amide bonds. The maximum absolute atomic E-state index is 12.8. The Morgan fingerprint density at radius 3 is 2.68 bits per heavy atom. The quantitative estimate of drug-likeness (QED) is 0.824. The van der Waals surface area contributed by atoms with Gasteiger partial charge in [-0.3, -0.25) is 4.68 Å². The van der Waals surface area contributed by atoms with E-state index >= 15 is 0 Å². The molecule has 1 aromatic carbocycles. The highest BCUT2D eigenvalue weighted by atomic mass is 32.2. The van der Waals surface area contributed by atoms with E-state index in [0.29, 0.717) is 0 Å². The molecule has 0 aliphatic heterocycles. The molecule has 0 bridgehead atoms. The maximum atomic E-state index is 12.8. The Morgan fingerprint density at radius 2 is 2.11 bits per heavy atom. The van der Waals surface area contributed by atoms with Gasteiger partial charge in [-0.2, -0.15) is 5.10 Å². The number of benzene rings is 1. The summed E-state index contributed by atoms with van der Waals surface area (Å²) in [7, 11) is 1.92. The first-order valence-electron chi connectivity index (χ1n) is 6.29. The van der Waals surface area contributed by atoms with E-state index in [1.54, 1.807) is 11.8 Å². The summed E-state index contributed by atoms with van der Waals surface area (Å²) < 4.78 is 14.6. The summed E-state index contributed by atoms with van der Waals surface area (Å²) in [6.07, 6.45) is 3.91. The van der Waals surface area contributed by atoms with Crippen molar-refractivity contribution in [2.45, 2.75) is 17.9 Å². The van der Waals surface area contributed by atoms with E-state index in [1.807, 2.05) is 36.3 Å². The first-order chi connectivity index (χ1) is 9.19. The van der Waals surface area contributed by atoms with Crippen LogP contribution in [0.2, 0.25) is 0 Å². The third kappa shape index (κ3) is 4.08. The van der Waals surface area contributed by atoms with Gasteiger partial charge in [0.25, 0.3) is 0 Å². The molecule has 2 aromatic rings. The fraction of sp³-hybridized carbons (Fsp3) is 0.357. The number of aryl methyl sites for hydroxylation is 1. The highest BCUT2D eigenvalue weighted by molar-refractivity contribution is 7.99. The van der Waals surface area contributed by atoms with Gasteiger partial charge in [0.05, 0.1) is 6.20 Å². The van der Waals surface area contributed by atoms with E-state index < -0.39 is 0 Å². The molecule has 0 fully saturated rings. The first-order valence-corrected chi connectivity index (χ1v) is 7.28. The molecular formula is C14H18FN3S. The van der Waals surface area contributed by atoms with Gasteiger partial charge in [0.15, 0.2) is 0 Å². The molecule has 102 valence electrons. The molecule has 1 heterocycles. The number of aromatic nitrogens is 2. The maximum Gasteiger partial charge on any atom is 0.123 e. The van der Waals surface area contributed by atoms with Crippen LogP contribution in [0.25, 0.3) is 0 Å². The largest absolute Gasteiger partial charge is 0.309 e. The van der Waals surface area contributed by atoms with Crippen LogP contribution in [0.4, 0.5) is 4.39 Å². The van der Waals surface area contributed by atoms with Crippen molar-refractivity contribution in [3.05, 3.63) is 48.0 Å². The van der Waals surface area contributed by atoms with Gasteiger partial charge in [-0.05, 0) is 30.8 Å². The molecule has 2 rings (SSSR count). The van der Waals surface area contributed by atoms with E-state index in [0.717, 1.165) is 17.2 Å². The summed E-state index contributed by atoms with van der Waals surface area (Å²) in [6, 6.07) is 6.87. The highest BCUT2D eigenvalue weighted by Gasteiger charge is 2.12. The van der Waals surface area contributed by atoms with Gasteiger partial charge in [-0.1, -0.05) is 6.92 Å². The molecular weight excluding hydrogens is 261 g/mol. The van der Waals surface area contributed by atoms with Gasteiger partial charge in [0.1, 0.15) is 5.82 Å². The van der Waals surface area contributed by atoms with Crippen molar-refractivity contribution in [3.8, 4) is 0 Å². The van der Waals surface area contributed by atoms with Crippen LogP contribution in [0.5, 0.6) is 0 Å². The van der Waals surface area contributed by atoms with Crippen LogP contribution in [0.3, 0.4) is 0 Å². The zero-order valence-electron chi connectivity index (χ0n) is 11.1. The molecule has 1 N–H and O–H groups in total. The lowest BCUT2D eigenvalue weighted by Crippen LogP contribution is -2.22. The summed E-state index contributed by atoms with van der Waals surface area (Å²) in [5.41, 5.74) is 1.18. The minimum atomic E-state index is -0.195. The van der Waals surface area contributed by atoms with E-state index in [-0.39, 0.29) is 11.9 Å². The highest BCUT2D eigenvalue weighted by Crippen LogP contribution is 2.24. The van der Waals surface area contributed by atoms with Gasteiger partial charge < -0.3 is 5.32 Å². The van der Waals surface area contributed by atoms with E-state index in [1.165, 1.54) is 17.7 Å². The Labute approximate surface area is 117 Å². The first kappa shape index (κ1) is 14.1. The molecule has 1 aromatic heterocycles. The standard InChI is InChI=1S/C14H18FN3S/c1-3-16-14(11-8-17-18(2)9-11)10-19-13-6-4-12(15)5-7-13/h4-9,14,16H,3,10H2,1-2H3. The molecule has 0 saturated heterocycles. The van der Waals surface area contributed by atoms with Gasteiger partial charge in [0, 0.05) is 35.5 Å². The molecule has 0 spiro atoms. The Morgan fingerprint density at radius 1 is 1.37 bits per heavy atom. The Balaban J connectivity index is 1.99. The summed E-state index contributed by atoms with van der Waals surface area (Å²) in [5, 5.41) is 7.65. The summed E-state index contributed by atoms with van der Waals surface area (Å²) in [5.74, 6) is 0.699. The Kier molecular flexibility index (Phi) is 4.99. The third-order valence-electron chi connectivity index (χ3n) is 2.81. The Hall–Kier alpha value is -1.33. The monoisotopic (exact) mass is 279 g/mol. The summed E-state index contributed by atoms with van der Waals surface area (Å²) >= 11 is 1.72. The fourth-order valence-electron chi connectivity index (χ4n) is 1.85. The normalized spacial score (nSPS) is 12.6. The number of halogens is 1. The van der Waals surface area contributed by atoms with Crippen molar-refractivity contribution in [2.75, 3.05) is 12.3 Å². The average Bonchev–Trinajstić information content (AvgIpc) is 2.83. The van der Waals surface area contributed by atoms with Gasteiger partial charge in [-0.25, -0.2) is 4.39 Å². The second-order valence-electron chi connectivity index (χ2n) is 4.32. The lowest BCUT2D eigenvalue weighted by molar-refractivity contribution is 0.605. The number of hydrogen-bond acceptors (Lipinski definition) is 3. The van der Waals surface area contributed by atoms with Crippen LogP contribution >= 0.6 is 11.8 Å². The van der Waals surface area contributed by atoms with Crippen molar-refractivity contribution >= 4 is 11.8 Å². The average molecular weight is 279 g/mol. The number of hydrogen-bond donors (Lipinski definition) is 1. The van der Waals surface area contributed by atoms with Crippen molar-refractivity contribution in [1.82, 2.24) is 15.1 Å². The number of nitrogens with zero attached hydrogens (tertiary/aromatic N) is 2. The van der Waals surface area contributed by atoms with Gasteiger partial charge in [0.2, 0.25) is 0 Å². The van der Waals surface area contributed by atoms with E-state index in [4.69, 9.17) is 0 Å². The number of nitrogens with one attached hydrogen (secondary N) is 1. The molecule has 19 heavy (non-hydrogen) atoms. The van der Waals surface area contributed by atoms with Gasteiger partial charge in [-0.15, -0.1) is 11.8 Å². The number of rotatable bonds is 6. The van der Waals surface area contributed by atoms with Crippen LogP contribution in [0.15, 0.2) is 41.6 Å². The van der Waals surface area contributed by atoms with E-state index in [9.17, 15) is 4.39 Å². The second kappa shape index (κ2) is 6.73. The molecule has 1 unspecified atom stereocenters. The minimum Gasteiger partial charge on any atom is -0.309 e. The molecule has 5 heteroatoms. The zero-order valence-corrected chi connectivity index (χ0v) is 12.0. The van der Waals surface area contributed by atoms with Crippen LogP contribution in [0.1, 0.15) is 18.5 Å². The van der Waals surface area contributed by atoms with Crippen LogP contribution in [-0.4, -0.2) is 22.1 Å². The summed E-state index contributed by atoms with van der Waals surface area (Å²) in [6.45, 7) is 3.00. The smallest absolute Gasteiger partial charge is 0.123 e. The summed E-state index contributed by atoms with van der Waals surface area (Å²) in [4.78, 5) is 1.08. The van der Waals surface area contributed by atoms with Crippen molar-refractivity contribution in [2.24, 2.45) is 7.05 Å². The molecule has 0 saturated carbocycles. The SMILES string of the molecule is CCNC(CSc1ccc(F)cc1)c1cnn(C)c1. The predicted molar refractivity (Wildman–Crippen MR) is 76.7 cm³/mol. The second-order valence-corrected chi connectivity index (χ2v) is 5.42. The number of thioether (sulfide) groups is 1. The molecule has 0 radical (unpaired) electrons. The van der Waals surface area contributed by atoms with Crippen molar-refractivity contribution in [1.29, 1.82) is 0 Å². The van der Waals surface area contributed by atoms with Crippen molar-refractivity contribution in [3.63, 3.8) is 0 Å². The lowest BCUT2D eigenvalue weighted by Gasteiger charge is -2.15. The fourth-order valence-corrected chi connectivity index (χ4v) is 2.85. The molecule has 1 atom stereocenters. The lowest BCUT2D eigenvalue weighted by atomic mass is 10.2. The molecule has 3 nitrogen and oxygen atoms in total. The van der Waals surface area contributed by atoms with E-state index in [2.05, 4.69) is 17.3 Å². The minimum absolute atomic E-state index is 0.195. The topological polar surface area (TPSA) is 29.9 Å². The third-order valence-corrected chi connectivity index (χ3v) is 3.91. The van der Waals surface area contributed by atoms with Crippen LogP contribution in [0, 0.1) is 5.82 Å². The molecule has 0 aliphatic carbocycles. The van der Waals surface area contributed by atoms with Crippen molar-refractivity contribution < 1.29 is 4.39 Å².